The van der Waals surface area contributed by atoms with E-state index >= 15 is 0 Å². The largest absolute Gasteiger partial charge is 0.496 e. The second-order valence-electron chi connectivity index (χ2n) is 5.41. The summed E-state index contributed by atoms with van der Waals surface area (Å²) in [4.78, 5) is 0. The summed E-state index contributed by atoms with van der Waals surface area (Å²) in [6, 6.07) is 14.7. The molecule has 2 unspecified atom stereocenters. The Labute approximate surface area is 132 Å². The smallest absolute Gasteiger partial charge is 0.123 e. The van der Waals surface area contributed by atoms with Crippen LogP contribution in [0, 0.1) is 6.92 Å². The number of aryl methyl sites for hydroxylation is 1. The van der Waals surface area contributed by atoms with E-state index in [2.05, 4.69) is 50.4 Å². The molecule has 0 saturated heterocycles. The molecule has 2 atom stereocenters. The van der Waals surface area contributed by atoms with E-state index in [0.29, 0.717) is 0 Å². The fraction of sp³-hybridized carbons (Fsp3) is 0.333. The van der Waals surface area contributed by atoms with Crippen molar-refractivity contribution in [1.29, 1.82) is 0 Å². The van der Waals surface area contributed by atoms with Gasteiger partial charge in [-0.25, -0.2) is 0 Å². The van der Waals surface area contributed by atoms with Crippen molar-refractivity contribution in [2.45, 2.75) is 32.9 Å². The summed E-state index contributed by atoms with van der Waals surface area (Å²) in [6.45, 7) is 6.41. The molecule has 0 heterocycles. The predicted octanol–water partition coefficient (Wildman–Crippen LogP) is 5.07. The Balaban J connectivity index is 2.15. The first-order valence-corrected chi connectivity index (χ1v) is 7.55. The predicted molar refractivity (Wildman–Crippen MR) is 89.1 cm³/mol. The number of methoxy groups -OCH3 is 1. The van der Waals surface area contributed by atoms with Crippen molar-refractivity contribution in [2.24, 2.45) is 0 Å². The molecule has 0 aliphatic carbocycles. The number of hydrogen-bond acceptors (Lipinski definition) is 2. The highest BCUT2D eigenvalue weighted by Crippen LogP contribution is 2.28. The molecule has 0 aliphatic rings. The van der Waals surface area contributed by atoms with Gasteiger partial charge in [0, 0.05) is 22.7 Å². The van der Waals surface area contributed by atoms with Crippen LogP contribution in [0.25, 0.3) is 0 Å². The molecule has 2 nitrogen and oxygen atoms in total. The Kier molecular flexibility index (Phi) is 5.27. The maximum Gasteiger partial charge on any atom is 0.123 e. The van der Waals surface area contributed by atoms with Crippen LogP contribution in [0.1, 0.15) is 42.6 Å². The summed E-state index contributed by atoms with van der Waals surface area (Å²) in [6.07, 6.45) is 0. The van der Waals surface area contributed by atoms with Gasteiger partial charge in [-0.2, -0.15) is 0 Å². The zero-order valence-corrected chi connectivity index (χ0v) is 13.7. The molecule has 0 aliphatic heterocycles. The lowest BCUT2D eigenvalue weighted by molar-refractivity contribution is 0.396. The van der Waals surface area contributed by atoms with E-state index in [1.807, 2.05) is 18.2 Å². The molecule has 112 valence electrons. The van der Waals surface area contributed by atoms with Crippen LogP contribution < -0.4 is 10.1 Å². The lowest BCUT2D eigenvalue weighted by atomic mass is 10.0. The summed E-state index contributed by atoms with van der Waals surface area (Å²) >= 11 is 5.94. The summed E-state index contributed by atoms with van der Waals surface area (Å²) in [5.41, 5.74) is 3.63. The normalized spacial score (nSPS) is 13.8. The topological polar surface area (TPSA) is 21.3 Å². The number of halogens is 1. The number of ether oxygens (including phenoxy) is 1. The van der Waals surface area contributed by atoms with Crippen LogP contribution >= 0.6 is 11.6 Å². The average Bonchev–Trinajstić information content (AvgIpc) is 2.47. The highest BCUT2D eigenvalue weighted by Gasteiger charge is 2.15. The van der Waals surface area contributed by atoms with Gasteiger partial charge in [-0.3, -0.25) is 0 Å². The molecular formula is C18H22ClNO. The fourth-order valence-corrected chi connectivity index (χ4v) is 2.63. The molecule has 0 saturated carbocycles. The van der Waals surface area contributed by atoms with Crippen LogP contribution in [0.4, 0.5) is 0 Å². The van der Waals surface area contributed by atoms with Gasteiger partial charge in [-0.1, -0.05) is 41.4 Å². The molecular weight excluding hydrogens is 282 g/mol. The minimum absolute atomic E-state index is 0.200. The second kappa shape index (κ2) is 6.97. The minimum atomic E-state index is 0.200. The first-order chi connectivity index (χ1) is 10.0. The molecule has 0 aromatic heterocycles. The first-order valence-electron chi connectivity index (χ1n) is 7.17. The van der Waals surface area contributed by atoms with Crippen molar-refractivity contribution in [1.82, 2.24) is 5.32 Å². The zero-order valence-electron chi connectivity index (χ0n) is 13.0. The molecule has 2 aromatic rings. The Hall–Kier alpha value is -1.51. The van der Waals surface area contributed by atoms with Gasteiger partial charge in [0.05, 0.1) is 7.11 Å². The fourth-order valence-electron chi connectivity index (χ4n) is 2.50. The van der Waals surface area contributed by atoms with Gasteiger partial charge in [-0.15, -0.1) is 0 Å². The number of hydrogen-bond donors (Lipinski definition) is 1. The number of benzene rings is 2. The molecule has 2 aromatic carbocycles. The highest BCUT2D eigenvalue weighted by atomic mass is 35.5. The number of nitrogens with one attached hydrogen (secondary N) is 1. The van der Waals surface area contributed by atoms with Crippen molar-refractivity contribution < 1.29 is 4.74 Å². The van der Waals surface area contributed by atoms with Crippen molar-refractivity contribution in [2.75, 3.05) is 7.11 Å². The Morgan fingerprint density at radius 1 is 1.00 bits per heavy atom. The molecule has 21 heavy (non-hydrogen) atoms. The third-order valence-corrected chi connectivity index (χ3v) is 3.97. The molecule has 0 spiro atoms. The molecule has 0 radical (unpaired) electrons. The summed E-state index contributed by atoms with van der Waals surface area (Å²) in [7, 11) is 1.71. The van der Waals surface area contributed by atoms with Gasteiger partial charge in [0.1, 0.15) is 5.75 Å². The Morgan fingerprint density at radius 3 is 2.29 bits per heavy atom. The minimum Gasteiger partial charge on any atom is -0.496 e. The van der Waals surface area contributed by atoms with E-state index in [1.54, 1.807) is 7.11 Å². The van der Waals surface area contributed by atoms with Gasteiger partial charge in [0.2, 0.25) is 0 Å². The third-order valence-electron chi connectivity index (χ3n) is 3.72. The van der Waals surface area contributed by atoms with Crippen LogP contribution in [-0.2, 0) is 0 Å². The Morgan fingerprint density at radius 2 is 1.67 bits per heavy atom. The van der Waals surface area contributed by atoms with Crippen molar-refractivity contribution in [3.63, 3.8) is 0 Å². The van der Waals surface area contributed by atoms with Crippen LogP contribution in [0.2, 0.25) is 5.02 Å². The van der Waals surface area contributed by atoms with Gasteiger partial charge in [0.15, 0.2) is 0 Å². The quantitative estimate of drug-likeness (QED) is 0.832. The standard InChI is InChI=1S/C18H22ClNO/c1-12-5-10-18(21-4)17(11-12)14(3)20-13(2)15-6-8-16(19)9-7-15/h5-11,13-14,20H,1-4H3. The molecule has 1 N–H and O–H groups in total. The van der Waals surface area contributed by atoms with E-state index in [4.69, 9.17) is 16.3 Å². The second-order valence-corrected chi connectivity index (χ2v) is 5.84. The molecule has 3 heteroatoms. The first kappa shape index (κ1) is 15.9. The summed E-state index contributed by atoms with van der Waals surface area (Å²) < 4.78 is 5.47. The maximum absolute atomic E-state index is 5.94. The molecule has 0 amide bonds. The Bertz CT molecular complexity index is 595. The maximum atomic E-state index is 5.94. The average molecular weight is 304 g/mol. The van der Waals surface area contributed by atoms with Crippen molar-refractivity contribution >= 4 is 11.6 Å². The van der Waals surface area contributed by atoms with E-state index in [9.17, 15) is 0 Å². The zero-order chi connectivity index (χ0) is 15.4. The van der Waals surface area contributed by atoms with Gasteiger partial charge < -0.3 is 10.1 Å². The summed E-state index contributed by atoms with van der Waals surface area (Å²) in [5.74, 6) is 0.920. The van der Waals surface area contributed by atoms with Crippen molar-refractivity contribution in [3.05, 3.63) is 64.2 Å². The molecule has 2 rings (SSSR count). The molecule has 0 bridgehead atoms. The van der Waals surface area contributed by atoms with Crippen LogP contribution in [0.15, 0.2) is 42.5 Å². The monoisotopic (exact) mass is 303 g/mol. The van der Waals surface area contributed by atoms with E-state index in [0.717, 1.165) is 10.8 Å². The van der Waals surface area contributed by atoms with Crippen molar-refractivity contribution in [3.8, 4) is 5.75 Å². The summed E-state index contributed by atoms with van der Waals surface area (Å²) in [5, 5.41) is 4.37. The lowest BCUT2D eigenvalue weighted by Gasteiger charge is -2.23. The van der Waals surface area contributed by atoms with E-state index in [1.165, 1.54) is 16.7 Å². The van der Waals surface area contributed by atoms with Crippen LogP contribution in [-0.4, -0.2) is 7.11 Å². The van der Waals surface area contributed by atoms with Crippen LogP contribution in [0.5, 0.6) is 5.75 Å². The van der Waals surface area contributed by atoms with Gasteiger partial charge in [-0.05, 0) is 44.5 Å². The van der Waals surface area contributed by atoms with E-state index < -0.39 is 0 Å². The number of rotatable bonds is 5. The van der Waals surface area contributed by atoms with Crippen LogP contribution in [0.3, 0.4) is 0 Å². The van der Waals surface area contributed by atoms with E-state index in [-0.39, 0.29) is 12.1 Å². The molecule has 0 fully saturated rings. The highest BCUT2D eigenvalue weighted by molar-refractivity contribution is 6.30. The lowest BCUT2D eigenvalue weighted by Crippen LogP contribution is -2.23. The third kappa shape index (κ3) is 3.99. The SMILES string of the molecule is COc1ccc(C)cc1C(C)NC(C)c1ccc(Cl)cc1. The van der Waals surface area contributed by atoms with Gasteiger partial charge >= 0.3 is 0 Å². The van der Waals surface area contributed by atoms with Gasteiger partial charge in [0.25, 0.3) is 0 Å².